The predicted molar refractivity (Wildman–Crippen MR) is 98.9 cm³/mol. The van der Waals surface area contributed by atoms with Crippen molar-refractivity contribution in [3.8, 4) is 11.3 Å². The zero-order valence-electron chi connectivity index (χ0n) is 13.1. The van der Waals surface area contributed by atoms with Crippen molar-refractivity contribution in [1.29, 1.82) is 0 Å². The molecule has 0 unspecified atom stereocenters. The molecule has 0 aliphatic rings. The van der Waals surface area contributed by atoms with Crippen LogP contribution < -0.4 is 5.32 Å². The van der Waals surface area contributed by atoms with E-state index in [1.54, 1.807) is 42.5 Å². The van der Waals surface area contributed by atoms with Gasteiger partial charge in [0.15, 0.2) is 0 Å². The van der Waals surface area contributed by atoms with Crippen molar-refractivity contribution in [2.75, 3.05) is 5.32 Å². The van der Waals surface area contributed by atoms with Gasteiger partial charge < -0.3 is 14.8 Å². The Labute approximate surface area is 155 Å². The highest BCUT2D eigenvalue weighted by Crippen LogP contribution is 2.31. The van der Waals surface area contributed by atoms with E-state index in [2.05, 4.69) is 5.32 Å². The number of benzene rings is 2. The summed E-state index contributed by atoms with van der Waals surface area (Å²) in [6.45, 7) is -0.170. The Bertz CT molecular complexity index is 888. The minimum atomic E-state index is -0.170. The maximum absolute atomic E-state index is 12.1. The summed E-state index contributed by atoms with van der Waals surface area (Å²) >= 11 is 12.1. The number of furan rings is 1. The molecule has 1 aromatic heterocycles. The molecule has 1 amide bonds. The standard InChI is InChI=1S/C19H15Cl2NO3/c20-13-3-1-12(2-4-13)9-19(24)22-14-5-7-16(17(21)10-14)18-8-6-15(11-23)25-18/h1-8,10,23H,9,11H2,(H,22,24). The van der Waals surface area contributed by atoms with Crippen LogP contribution in [0, 0.1) is 0 Å². The van der Waals surface area contributed by atoms with Gasteiger partial charge in [-0.3, -0.25) is 4.79 Å². The van der Waals surface area contributed by atoms with Crippen LogP contribution in [-0.2, 0) is 17.8 Å². The first kappa shape index (κ1) is 17.5. The van der Waals surface area contributed by atoms with Crippen LogP contribution in [0.5, 0.6) is 0 Å². The van der Waals surface area contributed by atoms with Gasteiger partial charge in [0.05, 0.1) is 11.4 Å². The third-order valence-corrected chi connectivity index (χ3v) is 4.18. The number of halogens is 2. The first-order valence-corrected chi connectivity index (χ1v) is 8.34. The van der Waals surface area contributed by atoms with Crippen molar-refractivity contribution in [2.24, 2.45) is 0 Å². The topological polar surface area (TPSA) is 62.5 Å². The average molecular weight is 376 g/mol. The van der Waals surface area contributed by atoms with Crippen LogP contribution in [0.3, 0.4) is 0 Å². The van der Waals surface area contributed by atoms with Crippen LogP contribution >= 0.6 is 23.2 Å². The number of aliphatic hydroxyl groups excluding tert-OH is 1. The molecule has 6 heteroatoms. The van der Waals surface area contributed by atoms with Crippen molar-refractivity contribution in [2.45, 2.75) is 13.0 Å². The highest BCUT2D eigenvalue weighted by atomic mass is 35.5. The Balaban J connectivity index is 1.69. The number of anilines is 1. The average Bonchev–Trinajstić information content (AvgIpc) is 3.06. The molecule has 3 aromatic rings. The molecule has 0 aliphatic carbocycles. The molecule has 128 valence electrons. The second kappa shape index (κ2) is 7.74. The molecule has 1 heterocycles. The van der Waals surface area contributed by atoms with E-state index in [1.807, 2.05) is 12.1 Å². The molecule has 0 fully saturated rings. The van der Waals surface area contributed by atoms with E-state index in [1.165, 1.54) is 0 Å². The number of amides is 1. The van der Waals surface area contributed by atoms with Crippen LogP contribution in [0.15, 0.2) is 59.0 Å². The quantitative estimate of drug-likeness (QED) is 0.664. The summed E-state index contributed by atoms with van der Waals surface area (Å²) in [6.07, 6.45) is 0.245. The molecule has 0 radical (unpaired) electrons. The molecule has 4 nitrogen and oxygen atoms in total. The molecule has 0 bridgehead atoms. The fourth-order valence-electron chi connectivity index (χ4n) is 2.39. The summed E-state index contributed by atoms with van der Waals surface area (Å²) in [6, 6.07) is 15.7. The highest BCUT2D eigenvalue weighted by molar-refractivity contribution is 6.33. The molecule has 25 heavy (non-hydrogen) atoms. The normalized spacial score (nSPS) is 10.7. The first-order chi connectivity index (χ1) is 12.0. The van der Waals surface area contributed by atoms with Gasteiger partial charge in [0, 0.05) is 16.3 Å². The van der Waals surface area contributed by atoms with Gasteiger partial charge in [0.2, 0.25) is 5.91 Å². The summed E-state index contributed by atoms with van der Waals surface area (Å²) in [7, 11) is 0. The Morgan fingerprint density at radius 3 is 2.44 bits per heavy atom. The SMILES string of the molecule is O=C(Cc1ccc(Cl)cc1)Nc1ccc(-c2ccc(CO)o2)c(Cl)c1. The van der Waals surface area contributed by atoms with Gasteiger partial charge in [0.1, 0.15) is 18.1 Å². The van der Waals surface area contributed by atoms with Crippen LogP contribution in [0.1, 0.15) is 11.3 Å². The van der Waals surface area contributed by atoms with Gasteiger partial charge in [-0.15, -0.1) is 0 Å². The lowest BCUT2D eigenvalue weighted by Gasteiger charge is -2.08. The maximum Gasteiger partial charge on any atom is 0.228 e. The highest BCUT2D eigenvalue weighted by Gasteiger charge is 2.11. The maximum atomic E-state index is 12.1. The largest absolute Gasteiger partial charge is 0.459 e. The lowest BCUT2D eigenvalue weighted by atomic mass is 10.1. The fourth-order valence-corrected chi connectivity index (χ4v) is 2.79. The molecule has 0 saturated carbocycles. The van der Waals surface area contributed by atoms with Crippen LogP contribution in [0.4, 0.5) is 5.69 Å². The van der Waals surface area contributed by atoms with Crippen molar-refractivity contribution in [3.05, 3.63) is 76.0 Å². The number of carbonyl (C=O) groups is 1. The number of nitrogens with one attached hydrogen (secondary N) is 1. The smallest absolute Gasteiger partial charge is 0.228 e. The number of aliphatic hydroxyl groups is 1. The zero-order valence-corrected chi connectivity index (χ0v) is 14.6. The van der Waals surface area contributed by atoms with Crippen LogP contribution in [-0.4, -0.2) is 11.0 Å². The number of carbonyl (C=O) groups excluding carboxylic acids is 1. The Hall–Kier alpha value is -2.27. The lowest BCUT2D eigenvalue weighted by Crippen LogP contribution is -2.14. The zero-order chi connectivity index (χ0) is 17.8. The summed E-state index contributed by atoms with van der Waals surface area (Å²) in [5.74, 6) is 0.881. The van der Waals surface area contributed by atoms with E-state index < -0.39 is 0 Å². The molecular weight excluding hydrogens is 361 g/mol. The van der Waals surface area contributed by atoms with E-state index >= 15 is 0 Å². The van der Waals surface area contributed by atoms with Crippen LogP contribution in [0.25, 0.3) is 11.3 Å². The predicted octanol–water partition coefficient (Wildman–Crippen LogP) is 4.93. The fraction of sp³-hybridized carbons (Fsp3) is 0.105. The summed E-state index contributed by atoms with van der Waals surface area (Å²) in [5, 5.41) is 13.0. The van der Waals surface area contributed by atoms with Crippen molar-refractivity contribution >= 4 is 34.8 Å². The van der Waals surface area contributed by atoms with Gasteiger partial charge >= 0.3 is 0 Å². The molecule has 0 spiro atoms. The summed E-state index contributed by atoms with van der Waals surface area (Å²) in [5.41, 5.74) is 2.16. The second-order valence-corrected chi connectivity index (χ2v) is 6.31. The molecule has 2 aromatic carbocycles. The third-order valence-electron chi connectivity index (χ3n) is 3.61. The molecular formula is C19H15Cl2NO3. The molecule has 2 N–H and O–H groups in total. The van der Waals surface area contributed by atoms with Gasteiger partial charge in [0.25, 0.3) is 0 Å². The number of hydrogen-bond donors (Lipinski definition) is 2. The molecule has 0 saturated heterocycles. The monoisotopic (exact) mass is 375 g/mol. The van der Waals surface area contributed by atoms with Gasteiger partial charge in [-0.1, -0.05) is 35.3 Å². The minimum absolute atomic E-state index is 0.147. The van der Waals surface area contributed by atoms with Crippen LogP contribution in [0.2, 0.25) is 10.0 Å². The van der Waals surface area contributed by atoms with Gasteiger partial charge in [-0.2, -0.15) is 0 Å². The van der Waals surface area contributed by atoms with Crippen molar-refractivity contribution in [1.82, 2.24) is 0 Å². The van der Waals surface area contributed by atoms with E-state index in [0.29, 0.717) is 32.8 Å². The van der Waals surface area contributed by atoms with E-state index in [9.17, 15) is 4.79 Å². The molecule has 3 rings (SSSR count). The Morgan fingerprint density at radius 2 is 1.80 bits per heavy atom. The Kier molecular flexibility index (Phi) is 5.43. The lowest BCUT2D eigenvalue weighted by molar-refractivity contribution is -0.115. The number of hydrogen-bond acceptors (Lipinski definition) is 3. The third kappa shape index (κ3) is 4.42. The number of rotatable bonds is 5. The van der Waals surface area contributed by atoms with Gasteiger partial charge in [-0.25, -0.2) is 0 Å². The van der Waals surface area contributed by atoms with E-state index in [-0.39, 0.29) is 18.9 Å². The van der Waals surface area contributed by atoms with E-state index in [0.717, 1.165) is 5.56 Å². The van der Waals surface area contributed by atoms with Crippen molar-refractivity contribution in [3.63, 3.8) is 0 Å². The second-order valence-electron chi connectivity index (χ2n) is 5.47. The summed E-state index contributed by atoms with van der Waals surface area (Å²) in [4.78, 5) is 12.1. The van der Waals surface area contributed by atoms with E-state index in [4.69, 9.17) is 32.7 Å². The van der Waals surface area contributed by atoms with Crippen molar-refractivity contribution < 1.29 is 14.3 Å². The first-order valence-electron chi connectivity index (χ1n) is 7.59. The Morgan fingerprint density at radius 1 is 1.04 bits per heavy atom. The molecule has 0 atom stereocenters. The van der Waals surface area contributed by atoms with Gasteiger partial charge in [-0.05, 0) is 48.0 Å². The molecule has 0 aliphatic heterocycles. The summed E-state index contributed by atoms with van der Waals surface area (Å²) < 4.78 is 5.48. The minimum Gasteiger partial charge on any atom is -0.459 e.